The number of nitrogens with one attached hydrogen (secondary N) is 2. The monoisotopic (exact) mass is 291 g/mol. The van der Waals surface area contributed by atoms with Gasteiger partial charge in [0.2, 0.25) is 5.91 Å². The van der Waals surface area contributed by atoms with Gasteiger partial charge in [-0.1, -0.05) is 48.5 Å². The summed E-state index contributed by atoms with van der Waals surface area (Å²) in [7, 11) is 1.63. The van der Waals surface area contributed by atoms with E-state index in [1.807, 2.05) is 66.7 Å². The molecule has 4 nitrogen and oxygen atoms in total. The number of carbonyl (C=O) groups excluding carboxylic acids is 1. The number of fused-ring (bicyclic) bond motifs is 1. The number of benzene rings is 2. The van der Waals surface area contributed by atoms with E-state index in [1.54, 1.807) is 7.05 Å². The first-order valence-electron chi connectivity index (χ1n) is 7.17. The van der Waals surface area contributed by atoms with Gasteiger partial charge in [0, 0.05) is 12.4 Å². The first kappa shape index (κ1) is 14.1. The van der Waals surface area contributed by atoms with Gasteiger partial charge in [-0.3, -0.25) is 4.79 Å². The largest absolute Gasteiger partial charge is 0.357 e. The molecule has 2 aromatic carbocycles. The van der Waals surface area contributed by atoms with Crippen LogP contribution in [0.15, 0.2) is 66.7 Å². The maximum Gasteiger partial charge on any atom is 0.246 e. The fourth-order valence-corrected chi connectivity index (χ4v) is 2.38. The standard InChI is InChI=1S/C18H17N3O/c1-19-18(22)17(14-8-3-2-4-9-14)21-16-12-11-13-7-5-6-10-15(13)20-16/h2-12,17H,1H3,(H,19,22)(H,20,21). The number of pyridine rings is 1. The highest BCUT2D eigenvalue weighted by Gasteiger charge is 2.19. The second-order valence-corrected chi connectivity index (χ2v) is 4.99. The van der Waals surface area contributed by atoms with Gasteiger partial charge in [-0.05, 0) is 23.8 Å². The van der Waals surface area contributed by atoms with E-state index in [4.69, 9.17) is 0 Å². The fourth-order valence-electron chi connectivity index (χ4n) is 2.38. The van der Waals surface area contributed by atoms with Crippen LogP contribution in [0.25, 0.3) is 10.9 Å². The molecule has 4 heteroatoms. The minimum absolute atomic E-state index is 0.0961. The topological polar surface area (TPSA) is 54.0 Å². The van der Waals surface area contributed by atoms with Crippen LogP contribution in [-0.4, -0.2) is 17.9 Å². The highest BCUT2D eigenvalue weighted by molar-refractivity contribution is 5.86. The van der Waals surface area contributed by atoms with Crippen LogP contribution < -0.4 is 10.6 Å². The molecular formula is C18H17N3O. The summed E-state index contributed by atoms with van der Waals surface area (Å²) < 4.78 is 0. The lowest BCUT2D eigenvalue weighted by Crippen LogP contribution is -2.31. The van der Waals surface area contributed by atoms with E-state index in [-0.39, 0.29) is 5.91 Å². The van der Waals surface area contributed by atoms with Crippen LogP contribution in [0.1, 0.15) is 11.6 Å². The van der Waals surface area contributed by atoms with Crippen LogP contribution in [0.5, 0.6) is 0 Å². The second-order valence-electron chi connectivity index (χ2n) is 4.99. The van der Waals surface area contributed by atoms with Crippen molar-refractivity contribution in [3.63, 3.8) is 0 Å². The Morgan fingerprint density at radius 3 is 2.45 bits per heavy atom. The number of hydrogen-bond donors (Lipinski definition) is 2. The number of nitrogens with zero attached hydrogens (tertiary/aromatic N) is 1. The molecule has 0 aliphatic rings. The van der Waals surface area contributed by atoms with Crippen molar-refractivity contribution in [2.45, 2.75) is 6.04 Å². The van der Waals surface area contributed by atoms with Gasteiger partial charge in [-0.15, -0.1) is 0 Å². The molecule has 0 saturated carbocycles. The molecule has 0 radical (unpaired) electrons. The molecule has 0 aliphatic heterocycles. The van der Waals surface area contributed by atoms with E-state index in [0.717, 1.165) is 16.5 Å². The Labute approximate surface area is 129 Å². The molecule has 0 bridgehead atoms. The molecule has 1 heterocycles. The van der Waals surface area contributed by atoms with Gasteiger partial charge in [0.05, 0.1) is 5.52 Å². The van der Waals surface area contributed by atoms with E-state index in [2.05, 4.69) is 15.6 Å². The summed E-state index contributed by atoms with van der Waals surface area (Å²) in [6.07, 6.45) is 0. The molecule has 1 unspecified atom stereocenters. The molecule has 1 atom stereocenters. The van der Waals surface area contributed by atoms with E-state index < -0.39 is 6.04 Å². The van der Waals surface area contributed by atoms with Gasteiger partial charge in [-0.2, -0.15) is 0 Å². The molecule has 110 valence electrons. The summed E-state index contributed by atoms with van der Waals surface area (Å²) in [5.41, 5.74) is 1.80. The molecule has 22 heavy (non-hydrogen) atoms. The van der Waals surface area contributed by atoms with E-state index >= 15 is 0 Å². The fraction of sp³-hybridized carbons (Fsp3) is 0.111. The maximum absolute atomic E-state index is 12.2. The number of hydrogen-bond acceptors (Lipinski definition) is 3. The van der Waals surface area contributed by atoms with Crippen molar-refractivity contribution in [3.8, 4) is 0 Å². The van der Waals surface area contributed by atoms with Gasteiger partial charge in [0.25, 0.3) is 0 Å². The van der Waals surface area contributed by atoms with Gasteiger partial charge >= 0.3 is 0 Å². The van der Waals surface area contributed by atoms with Crippen LogP contribution in [0.2, 0.25) is 0 Å². The van der Waals surface area contributed by atoms with Crippen LogP contribution in [0, 0.1) is 0 Å². The SMILES string of the molecule is CNC(=O)C(Nc1ccc2ccccc2n1)c1ccccc1. The average molecular weight is 291 g/mol. The Hall–Kier alpha value is -2.88. The van der Waals surface area contributed by atoms with E-state index in [0.29, 0.717) is 5.82 Å². The van der Waals surface area contributed by atoms with Gasteiger partial charge < -0.3 is 10.6 Å². The molecule has 0 spiro atoms. The van der Waals surface area contributed by atoms with Crippen molar-refractivity contribution < 1.29 is 4.79 Å². The predicted molar refractivity (Wildman–Crippen MR) is 88.6 cm³/mol. The summed E-state index contributed by atoms with van der Waals surface area (Å²) in [5, 5.41) is 6.98. The normalized spacial score (nSPS) is 11.9. The maximum atomic E-state index is 12.2. The summed E-state index contributed by atoms with van der Waals surface area (Å²) >= 11 is 0. The smallest absolute Gasteiger partial charge is 0.246 e. The van der Waals surface area contributed by atoms with E-state index in [1.165, 1.54) is 0 Å². The highest BCUT2D eigenvalue weighted by atomic mass is 16.2. The Balaban J connectivity index is 1.93. The van der Waals surface area contributed by atoms with Crippen molar-refractivity contribution >= 4 is 22.6 Å². The lowest BCUT2D eigenvalue weighted by atomic mass is 10.1. The lowest BCUT2D eigenvalue weighted by molar-refractivity contribution is -0.121. The van der Waals surface area contributed by atoms with Gasteiger partial charge in [0.15, 0.2) is 0 Å². The number of amides is 1. The quantitative estimate of drug-likeness (QED) is 0.776. The Kier molecular flexibility index (Phi) is 4.01. The number of carbonyl (C=O) groups is 1. The molecule has 1 aromatic heterocycles. The van der Waals surface area contributed by atoms with Crippen molar-refractivity contribution in [2.24, 2.45) is 0 Å². The molecule has 1 amide bonds. The minimum Gasteiger partial charge on any atom is -0.357 e. The van der Waals surface area contributed by atoms with Crippen LogP contribution in [0.4, 0.5) is 5.82 Å². The number of likely N-dealkylation sites (N-methyl/N-ethyl adjacent to an activating group) is 1. The highest BCUT2D eigenvalue weighted by Crippen LogP contribution is 2.21. The summed E-state index contributed by atoms with van der Waals surface area (Å²) in [6, 6.07) is 20.9. The molecule has 3 rings (SSSR count). The first-order valence-corrected chi connectivity index (χ1v) is 7.17. The summed E-state index contributed by atoms with van der Waals surface area (Å²) in [5.74, 6) is 0.581. The number of rotatable bonds is 4. The lowest BCUT2D eigenvalue weighted by Gasteiger charge is -2.18. The summed E-state index contributed by atoms with van der Waals surface area (Å²) in [6.45, 7) is 0. The zero-order valence-corrected chi connectivity index (χ0v) is 12.3. The number of para-hydroxylation sites is 1. The zero-order valence-electron chi connectivity index (χ0n) is 12.3. The number of anilines is 1. The number of aromatic nitrogens is 1. The summed E-state index contributed by atoms with van der Waals surface area (Å²) in [4.78, 5) is 16.7. The van der Waals surface area contributed by atoms with Crippen molar-refractivity contribution in [3.05, 3.63) is 72.3 Å². The Morgan fingerprint density at radius 2 is 1.68 bits per heavy atom. The third kappa shape index (κ3) is 2.91. The van der Waals surface area contributed by atoms with Crippen LogP contribution >= 0.6 is 0 Å². The predicted octanol–water partition coefficient (Wildman–Crippen LogP) is 3.13. The van der Waals surface area contributed by atoms with Crippen molar-refractivity contribution in [1.29, 1.82) is 0 Å². The third-order valence-corrected chi connectivity index (χ3v) is 3.53. The molecule has 0 saturated heterocycles. The van der Waals surface area contributed by atoms with Crippen LogP contribution in [0.3, 0.4) is 0 Å². The van der Waals surface area contributed by atoms with Gasteiger partial charge in [0.1, 0.15) is 11.9 Å². The molecular weight excluding hydrogens is 274 g/mol. The molecule has 0 fully saturated rings. The average Bonchev–Trinajstić information content (AvgIpc) is 2.59. The van der Waals surface area contributed by atoms with Crippen molar-refractivity contribution in [2.75, 3.05) is 12.4 Å². The second kappa shape index (κ2) is 6.26. The van der Waals surface area contributed by atoms with Gasteiger partial charge in [-0.25, -0.2) is 4.98 Å². The van der Waals surface area contributed by atoms with Crippen molar-refractivity contribution in [1.82, 2.24) is 10.3 Å². The molecule has 3 aromatic rings. The Morgan fingerprint density at radius 1 is 0.955 bits per heavy atom. The zero-order chi connectivity index (χ0) is 15.4. The molecule has 2 N–H and O–H groups in total. The molecule has 0 aliphatic carbocycles. The third-order valence-electron chi connectivity index (χ3n) is 3.53. The Bertz CT molecular complexity index is 786. The van der Waals surface area contributed by atoms with Crippen LogP contribution in [-0.2, 0) is 4.79 Å². The first-order chi connectivity index (χ1) is 10.8. The minimum atomic E-state index is -0.472. The van der Waals surface area contributed by atoms with E-state index in [9.17, 15) is 4.79 Å².